The van der Waals surface area contributed by atoms with Crippen LogP contribution in [-0.2, 0) is 4.79 Å². The third kappa shape index (κ3) is 4.03. The SMILES string of the molecule is Cc1sc(NC(=O)C(C)Oc2ccc(Cl)cc2)c(C(N)=O)c1C. The van der Waals surface area contributed by atoms with Crippen LogP contribution < -0.4 is 15.8 Å². The van der Waals surface area contributed by atoms with Crippen LogP contribution in [0.3, 0.4) is 0 Å². The Bertz CT molecular complexity index is 741. The smallest absolute Gasteiger partial charge is 0.265 e. The standard InChI is InChI=1S/C16H17ClN2O3S/c1-8-10(3)23-16(13(8)14(18)20)19-15(21)9(2)22-12-6-4-11(17)5-7-12/h4-7,9H,1-3H3,(H2,18,20)(H,19,21). The van der Waals surface area contributed by atoms with E-state index in [2.05, 4.69) is 5.32 Å². The minimum Gasteiger partial charge on any atom is -0.481 e. The second kappa shape index (κ2) is 7.02. The number of carbonyl (C=O) groups excluding carboxylic acids is 2. The molecule has 0 spiro atoms. The molecule has 0 fully saturated rings. The van der Waals surface area contributed by atoms with Gasteiger partial charge in [0.2, 0.25) is 0 Å². The number of aryl methyl sites for hydroxylation is 1. The van der Waals surface area contributed by atoms with Crippen molar-refractivity contribution < 1.29 is 14.3 Å². The van der Waals surface area contributed by atoms with E-state index >= 15 is 0 Å². The summed E-state index contributed by atoms with van der Waals surface area (Å²) < 4.78 is 5.56. The molecule has 23 heavy (non-hydrogen) atoms. The molecule has 1 atom stereocenters. The molecule has 0 aliphatic heterocycles. The van der Waals surface area contributed by atoms with Crippen LogP contribution in [0.4, 0.5) is 5.00 Å². The van der Waals surface area contributed by atoms with Crippen molar-refractivity contribution in [3.63, 3.8) is 0 Å². The molecule has 122 valence electrons. The van der Waals surface area contributed by atoms with Gasteiger partial charge in [-0.25, -0.2) is 0 Å². The van der Waals surface area contributed by atoms with Crippen LogP contribution in [0.15, 0.2) is 24.3 Å². The van der Waals surface area contributed by atoms with Crippen molar-refractivity contribution in [2.45, 2.75) is 26.9 Å². The average molecular weight is 353 g/mol. The predicted octanol–water partition coefficient (Wildman–Crippen LogP) is 3.52. The Balaban J connectivity index is 2.11. The molecule has 7 heteroatoms. The maximum absolute atomic E-state index is 12.3. The molecule has 1 aromatic heterocycles. The summed E-state index contributed by atoms with van der Waals surface area (Å²) in [5.74, 6) is -0.386. The van der Waals surface area contributed by atoms with Gasteiger partial charge in [-0.2, -0.15) is 0 Å². The van der Waals surface area contributed by atoms with Gasteiger partial charge in [-0.3, -0.25) is 9.59 Å². The Hall–Kier alpha value is -2.05. The number of nitrogens with two attached hydrogens (primary N) is 1. The van der Waals surface area contributed by atoms with Crippen molar-refractivity contribution >= 4 is 39.8 Å². The largest absolute Gasteiger partial charge is 0.481 e. The number of benzene rings is 1. The summed E-state index contributed by atoms with van der Waals surface area (Å²) in [6.07, 6.45) is -0.736. The van der Waals surface area contributed by atoms with E-state index in [4.69, 9.17) is 22.1 Å². The number of carbonyl (C=O) groups is 2. The molecule has 0 aliphatic rings. The van der Waals surface area contributed by atoms with E-state index in [1.165, 1.54) is 11.3 Å². The maximum atomic E-state index is 12.3. The number of hydrogen-bond acceptors (Lipinski definition) is 4. The number of rotatable bonds is 5. The lowest BCUT2D eigenvalue weighted by molar-refractivity contribution is -0.122. The van der Waals surface area contributed by atoms with E-state index in [9.17, 15) is 9.59 Å². The summed E-state index contributed by atoms with van der Waals surface area (Å²) in [5.41, 5.74) is 6.52. The van der Waals surface area contributed by atoms with Gasteiger partial charge in [-0.1, -0.05) is 11.6 Å². The lowest BCUT2D eigenvalue weighted by atomic mass is 10.1. The Labute approximate surface area is 143 Å². The fraction of sp³-hybridized carbons (Fsp3) is 0.250. The van der Waals surface area contributed by atoms with Crippen LogP contribution >= 0.6 is 22.9 Å². The first-order chi connectivity index (χ1) is 10.8. The fourth-order valence-corrected chi connectivity index (χ4v) is 3.19. The van der Waals surface area contributed by atoms with Crippen LogP contribution in [0.5, 0.6) is 5.75 Å². The first-order valence-corrected chi connectivity index (χ1v) is 8.12. The van der Waals surface area contributed by atoms with Gasteiger partial charge in [0.15, 0.2) is 6.10 Å². The number of ether oxygens (including phenoxy) is 1. The summed E-state index contributed by atoms with van der Waals surface area (Å²) >= 11 is 7.12. The fourth-order valence-electron chi connectivity index (χ4n) is 2.00. The van der Waals surface area contributed by atoms with Gasteiger partial charge in [-0.05, 0) is 50.6 Å². The molecule has 0 saturated carbocycles. The summed E-state index contributed by atoms with van der Waals surface area (Å²) in [4.78, 5) is 24.8. The van der Waals surface area contributed by atoms with Crippen molar-refractivity contribution in [2.24, 2.45) is 5.73 Å². The van der Waals surface area contributed by atoms with Crippen LogP contribution in [0.2, 0.25) is 5.02 Å². The molecular formula is C16H17ClN2O3S. The molecule has 0 bridgehead atoms. The van der Waals surface area contributed by atoms with Crippen molar-refractivity contribution in [3.8, 4) is 5.75 Å². The molecule has 1 aromatic carbocycles. The molecule has 0 radical (unpaired) electrons. The quantitative estimate of drug-likeness (QED) is 0.863. The van der Waals surface area contributed by atoms with E-state index < -0.39 is 12.0 Å². The van der Waals surface area contributed by atoms with Gasteiger partial charge < -0.3 is 15.8 Å². The molecule has 2 aromatic rings. The van der Waals surface area contributed by atoms with Crippen molar-refractivity contribution in [3.05, 3.63) is 45.3 Å². The van der Waals surface area contributed by atoms with Crippen LogP contribution in [0.1, 0.15) is 27.7 Å². The molecule has 3 N–H and O–H groups in total. The van der Waals surface area contributed by atoms with Gasteiger partial charge >= 0.3 is 0 Å². The van der Waals surface area contributed by atoms with Crippen LogP contribution in [0.25, 0.3) is 0 Å². The zero-order valence-electron chi connectivity index (χ0n) is 13.0. The third-order valence-electron chi connectivity index (χ3n) is 3.36. The summed E-state index contributed by atoms with van der Waals surface area (Å²) in [6.45, 7) is 5.30. The highest BCUT2D eigenvalue weighted by Crippen LogP contribution is 2.32. The molecule has 5 nitrogen and oxygen atoms in total. The molecule has 2 amide bonds. The summed E-state index contributed by atoms with van der Waals surface area (Å²) in [7, 11) is 0. The molecule has 1 heterocycles. The lowest BCUT2D eigenvalue weighted by Crippen LogP contribution is -2.30. The van der Waals surface area contributed by atoms with Crippen molar-refractivity contribution in [2.75, 3.05) is 5.32 Å². The Morgan fingerprint density at radius 3 is 2.43 bits per heavy atom. The summed E-state index contributed by atoms with van der Waals surface area (Å²) in [5, 5.41) is 3.75. The van der Waals surface area contributed by atoms with E-state index in [1.54, 1.807) is 38.1 Å². The third-order valence-corrected chi connectivity index (χ3v) is 4.74. The Morgan fingerprint density at radius 2 is 1.87 bits per heavy atom. The van der Waals surface area contributed by atoms with Crippen LogP contribution in [-0.4, -0.2) is 17.9 Å². The predicted molar refractivity (Wildman–Crippen MR) is 92.5 cm³/mol. The monoisotopic (exact) mass is 352 g/mol. The normalized spacial score (nSPS) is 11.8. The highest BCUT2D eigenvalue weighted by Gasteiger charge is 2.22. The molecule has 0 saturated heterocycles. The zero-order valence-corrected chi connectivity index (χ0v) is 14.5. The number of primary amides is 1. The number of hydrogen-bond donors (Lipinski definition) is 2. The first-order valence-electron chi connectivity index (χ1n) is 6.92. The molecule has 1 unspecified atom stereocenters. The van der Waals surface area contributed by atoms with E-state index in [-0.39, 0.29) is 5.91 Å². The minimum absolute atomic E-state index is 0.347. The van der Waals surface area contributed by atoms with E-state index in [1.807, 2.05) is 6.92 Å². The lowest BCUT2D eigenvalue weighted by Gasteiger charge is -2.14. The van der Waals surface area contributed by atoms with Gasteiger partial charge in [0, 0.05) is 9.90 Å². The van der Waals surface area contributed by atoms with Gasteiger partial charge in [0.25, 0.3) is 11.8 Å². The van der Waals surface area contributed by atoms with Crippen LogP contribution in [0, 0.1) is 13.8 Å². The number of halogens is 1. The topological polar surface area (TPSA) is 81.4 Å². The molecular weight excluding hydrogens is 336 g/mol. The van der Waals surface area contributed by atoms with Crippen molar-refractivity contribution in [1.29, 1.82) is 0 Å². The Kier molecular flexibility index (Phi) is 5.28. The number of anilines is 1. The Morgan fingerprint density at radius 1 is 1.26 bits per heavy atom. The van der Waals surface area contributed by atoms with Crippen molar-refractivity contribution in [1.82, 2.24) is 0 Å². The molecule has 2 rings (SSSR count). The average Bonchev–Trinajstić information content (AvgIpc) is 2.76. The van der Waals surface area contributed by atoms with Gasteiger partial charge in [0.1, 0.15) is 10.8 Å². The van der Waals surface area contributed by atoms with Gasteiger partial charge in [0.05, 0.1) is 5.56 Å². The maximum Gasteiger partial charge on any atom is 0.265 e. The first kappa shape index (κ1) is 17.3. The van der Waals surface area contributed by atoms with E-state index in [0.29, 0.717) is 21.3 Å². The number of nitrogens with one attached hydrogen (secondary N) is 1. The summed E-state index contributed by atoms with van der Waals surface area (Å²) in [6, 6.07) is 6.72. The highest BCUT2D eigenvalue weighted by molar-refractivity contribution is 7.16. The van der Waals surface area contributed by atoms with E-state index in [0.717, 1.165) is 10.4 Å². The molecule has 0 aliphatic carbocycles. The number of amides is 2. The number of thiophene rings is 1. The minimum atomic E-state index is -0.736. The second-order valence-electron chi connectivity index (χ2n) is 5.05. The second-order valence-corrected chi connectivity index (χ2v) is 6.72. The zero-order chi connectivity index (χ0) is 17.1. The highest BCUT2D eigenvalue weighted by atomic mass is 35.5. The van der Waals surface area contributed by atoms with Gasteiger partial charge in [-0.15, -0.1) is 11.3 Å².